The molecule has 0 aromatic carbocycles. The van der Waals surface area contributed by atoms with Gasteiger partial charge < -0.3 is 10.5 Å². The van der Waals surface area contributed by atoms with E-state index < -0.39 is 0 Å². The van der Waals surface area contributed by atoms with Crippen LogP contribution >= 0.6 is 0 Å². The minimum Gasteiger partial charge on any atom is -0.465 e. The van der Waals surface area contributed by atoms with Crippen molar-refractivity contribution in [2.45, 2.75) is 77.2 Å². The molecule has 1 rings (SSSR count). The van der Waals surface area contributed by atoms with Gasteiger partial charge in [-0.1, -0.05) is 39.0 Å². The lowest BCUT2D eigenvalue weighted by atomic mass is 9.86. The molecule has 1 fully saturated rings. The molecule has 0 heterocycles. The first-order valence-electron chi connectivity index (χ1n) is 7.66. The fourth-order valence-electron chi connectivity index (χ4n) is 2.53. The summed E-state index contributed by atoms with van der Waals surface area (Å²) in [6, 6.07) is 0.299. The number of esters is 1. The smallest absolute Gasteiger partial charge is 0.308 e. The standard InChI is InChI=1S/C15H29NO2/c1-2-3-4-5-6-7-12-18-15(17)13-8-10-14(16)11-9-13/h13-14H,2-12,16H2,1H3. The highest BCUT2D eigenvalue weighted by Crippen LogP contribution is 2.24. The molecule has 0 radical (unpaired) electrons. The lowest BCUT2D eigenvalue weighted by molar-refractivity contribution is -0.149. The van der Waals surface area contributed by atoms with Crippen LogP contribution in [0.1, 0.15) is 71.1 Å². The monoisotopic (exact) mass is 255 g/mol. The van der Waals surface area contributed by atoms with E-state index in [1.807, 2.05) is 0 Å². The summed E-state index contributed by atoms with van der Waals surface area (Å²) in [5, 5.41) is 0. The molecule has 1 aliphatic carbocycles. The summed E-state index contributed by atoms with van der Waals surface area (Å²) in [4.78, 5) is 11.8. The molecule has 106 valence electrons. The summed E-state index contributed by atoms with van der Waals surface area (Å²) in [7, 11) is 0. The maximum Gasteiger partial charge on any atom is 0.308 e. The molecule has 0 atom stereocenters. The fraction of sp³-hybridized carbons (Fsp3) is 0.933. The van der Waals surface area contributed by atoms with Gasteiger partial charge in [0.05, 0.1) is 12.5 Å². The van der Waals surface area contributed by atoms with Crippen LogP contribution < -0.4 is 5.73 Å². The van der Waals surface area contributed by atoms with Crippen molar-refractivity contribution in [2.75, 3.05) is 6.61 Å². The largest absolute Gasteiger partial charge is 0.465 e. The first-order chi connectivity index (χ1) is 8.74. The zero-order chi connectivity index (χ0) is 13.2. The maximum atomic E-state index is 11.8. The highest BCUT2D eigenvalue weighted by Gasteiger charge is 2.25. The van der Waals surface area contributed by atoms with Gasteiger partial charge in [0.15, 0.2) is 0 Å². The van der Waals surface area contributed by atoms with E-state index in [1.165, 1.54) is 32.1 Å². The number of nitrogens with two attached hydrogens (primary N) is 1. The molecule has 0 amide bonds. The first kappa shape index (κ1) is 15.5. The minimum atomic E-state index is 0.00968. The number of carbonyl (C=O) groups is 1. The van der Waals surface area contributed by atoms with E-state index in [0.29, 0.717) is 12.6 Å². The van der Waals surface area contributed by atoms with Gasteiger partial charge in [0.1, 0.15) is 0 Å². The van der Waals surface area contributed by atoms with E-state index in [0.717, 1.165) is 32.1 Å². The lowest BCUT2D eigenvalue weighted by Gasteiger charge is -2.24. The topological polar surface area (TPSA) is 52.3 Å². The van der Waals surface area contributed by atoms with Gasteiger partial charge in [0.2, 0.25) is 0 Å². The number of hydrogen-bond donors (Lipinski definition) is 1. The van der Waals surface area contributed by atoms with Crippen molar-refractivity contribution in [2.24, 2.45) is 11.7 Å². The SMILES string of the molecule is CCCCCCCCOC(=O)C1CCC(N)CC1. The highest BCUT2D eigenvalue weighted by atomic mass is 16.5. The third-order valence-corrected chi connectivity index (χ3v) is 3.85. The Labute approximate surface area is 111 Å². The van der Waals surface area contributed by atoms with Crippen molar-refractivity contribution < 1.29 is 9.53 Å². The second kappa shape index (κ2) is 9.37. The normalized spacial score (nSPS) is 23.9. The van der Waals surface area contributed by atoms with Crippen molar-refractivity contribution in [3.05, 3.63) is 0 Å². The fourth-order valence-corrected chi connectivity index (χ4v) is 2.53. The Kier molecular flexibility index (Phi) is 8.06. The summed E-state index contributed by atoms with van der Waals surface area (Å²) in [5.74, 6) is 0.125. The van der Waals surface area contributed by atoms with Gasteiger partial charge in [-0.05, 0) is 32.1 Å². The average molecular weight is 255 g/mol. The third kappa shape index (κ3) is 6.39. The van der Waals surface area contributed by atoms with Crippen molar-refractivity contribution in [3.63, 3.8) is 0 Å². The second-order valence-corrected chi connectivity index (χ2v) is 5.55. The molecule has 1 saturated carbocycles. The lowest BCUT2D eigenvalue weighted by Crippen LogP contribution is -2.30. The van der Waals surface area contributed by atoms with Crippen molar-refractivity contribution in [1.82, 2.24) is 0 Å². The van der Waals surface area contributed by atoms with Crippen molar-refractivity contribution in [3.8, 4) is 0 Å². The summed E-state index contributed by atoms with van der Waals surface area (Å²) in [6.45, 7) is 2.82. The van der Waals surface area contributed by atoms with Gasteiger partial charge in [-0.25, -0.2) is 0 Å². The van der Waals surface area contributed by atoms with E-state index in [9.17, 15) is 4.79 Å². The van der Waals surface area contributed by atoms with E-state index in [4.69, 9.17) is 10.5 Å². The van der Waals surface area contributed by atoms with Gasteiger partial charge in [-0.3, -0.25) is 4.79 Å². The summed E-state index contributed by atoms with van der Waals surface area (Å²) >= 11 is 0. The van der Waals surface area contributed by atoms with E-state index >= 15 is 0 Å². The van der Waals surface area contributed by atoms with Gasteiger partial charge >= 0.3 is 5.97 Å². The Morgan fingerprint density at radius 1 is 1.06 bits per heavy atom. The molecule has 0 spiro atoms. The predicted octanol–water partition coefficient (Wildman–Crippen LogP) is 3.41. The molecule has 0 unspecified atom stereocenters. The van der Waals surface area contributed by atoms with Crippen LogP contribution in [0.15, 0.2) is 0 Å². The number of ether oxygens (including phenoxy) is 1. The van der Waals surface area contributed by atoms with Gasteiger partial charge in [-0.2, -0.15) is 0 Å². The van der Waals surface area contributed by atoms with Gasteiger partial charge in [-0.15, -0.1) is 0 Å². The first-order valence-corrected chi connectivity index (χ1v) is 7.66. The van der Waals surface area contributed by atoms with Crippen LogP contribution in [0.2, 0.25) is 0 Å². The highest BCUT2D eigenvalue weighted by molar-refractivity contribution is 5.72. The van der Waals surface area contributed by atoms with Crippen LogP contribution in [0, 0.1) is 5.92 Å². The molecule has 0 aromatic heterocycles. The Morgan fingerprint density at radius 3 is 2.33 bits per heavy atom. The zero-order valence-corrected chi connectivity index (χ0v) is 11.8. The molecule has 0 aromatic rings. The molecular weight excluding hydrogens is 226 g/mol. The predicted molar refractivity (Wildman–Crippen MR) is 74.3 cm³/mol. The van der Waals surface area contributed by atoms with E-state index in [2.05, 4.69) is 6.92 Å². The molecule has 0 aliphatic heterocycles. The summed E-state index contributed by atoms with van der Waals surface area (Å²) in [5.41, 5.74) is 5.82. The molecule has 3 heteroatoms. The van der Waals surface area contributed by atoms with Crippen LogP contribution in [0.5, 0.6) is 0 Å². The number of carbonyl (C=O) groups excluding carboxylic acids is 1. The minimum absolute atomic E-state index is 0.00968. The molecule has 1 aliphatic rings. The van der Waals surface area contributed by atoms with Crippen molar-refractivity contribution >= 4 is 5.97 Å². The Hall–Kier alpha value is -0.570. The summed E-state index contributed by atoms with van der Waals surface area (Å²) < 4.78 is 5.34. The average Bonchev–Trinajstić information content (AvgIpc) is 2.38. The molecule has 18 heavy (non-hydrogen) atoms. The zero-order valence-electron chi connectivity index (χ0n) is 11.8. The third-order valence-electron chi connectivity index (χ3n) is 3.85. The second-order valence-electron chi connectivity index (χ2n) is 5.55. The van der Waals surface area contributed by atoms with Crippen LogP contribution in [-0.4, -0.2) is 18.6 Å². The Morgan fingerprint density at radius 2 is 1.67 bits per heavy atom. The van der Waals surface area contributed by atoms with E-state index in [1.54, 1.807) is 0 Å². The van der Waals surface area contributed by atoms with Crippen molar-refractivity contribution in [1.29, 1.82) is 0 Å². The number of hydrogen-bond acceptors (Lipinski definition) is 3. The Balaban J connectivity index is 1.96. The van der Waals surface area contributed by atoms with Gasteiger partial charge in [0, 0.05) is 6.04 Å². The number of rotatable bonds is 8. The Bertz CT molecular complexity index is 223. The quantitative estimate of drug-likeness (QED) is 0.534. The van der Waals surface area contributed by atoms with Crippen LogP contribution in [0.3, 0.4) is 0 Å². The summed E-state index contributed by atoms with van der Waals surface area (Å²) in [6.07, 6.45) is 11.1. The van der Waals surface area contributed by atoms with Gasteiger partial charge in [0.25, 0.3) is 0 Å². The molecule has 3 nitrogen and oxygen atoms in total. The molecule has 0 saturated heterocycles. The molecule has 0 bridgehead atoms. The maximum absolute atomic E-state index is 11.8. The van der Waals surface area contributed by atoms with Crippen LogP contribution in [-0.2, 0) is 9.53 Å². The van der Waals surface area contributed by atoms with E-state index in [-0.39, 0.29) is 11.9 Å². The molecule has 2 N–H and O–H groups in total. The van der Waals surface area contributed by atoms with Crippen LogP contribution in [0.4, 0.5) is 0 Å². The molecular formula is C15H29NO2. The van der Waals surface area contributed by atoms with Crippen LogP contribution in [0.25, 0.3) is 0 Å². The number of unbranched alkanes of at least 4 members (excludes halogenated alkanes) is 5.